The summed E-state index contributed by atoms with van der Waals surface area (Å²) in [6.07, 6.45) is 1.36. The van der Waals surface area contributed by atoms with Crippen molar-refractivity contribution in [1.82, 2.24) is 0 Å². The van der Waals surface area contributed by atoms with Crippen LogP contribution in [0.15, 0.2) is 54.6 Å². The summed E-state index contributed by atoms with van der Waals surface area (Å²) in [5.74, 6) is 0. The average molecular weight is 225 g/mol. The van der Waals surface area contributed by atoms with Crippen LogP contribution in [-0.2, 0) is 5.41 Å². The Labute approximate surface area is 104 Å². The Kier molecular flexibility index (Phi) is 4.29. The van der Waals surface area contributed by atoms with Gasteiger partial charge in [-0.25, -0.2) is 0 Å². The molecule has 0 radical (unpaired) electrons. The summed E-state index contributed by atoms with van der Waals surface area (Å²) in [4.78, 5) is 0. The van der Waals surface area contributed by atoms with Crippen molar-refractivity contribution < 1.29 is 0 Å². The van der Waals surface area contributed by atoms with E-state index in [0.29, 0.717) is 12.8 Å². The van der Waals surface area contributed by atoms with Gasteiger partial charge in [0.1, 0.15) is 0 Å². The molecule has 0 saturated carbocycles. The number of hydrogen-bond donors (Lipinski definition) is 0. The first kappa shape index (κ1) is 13.3. The molecule has 1 aromatic carbocycles. The van der Waals surface area contributed by atoms with Crippen molar-refractivity contribution in [2.75, 3.05) is 0 Å². The third-order valence-corrected chi connectivity index (χ3v) is 2.75. The van der Waals surface area contributed by atoms with Crippen molar-refractivity contribution in [3.05, 3.63) is 60.2 Å². The first-order valence-corrected chi connectivity index (χ1v) is 5.76. The third-order valence-electron chi connectivity index (χ3n) is 2.75. The fourth-order valence-electron chi connectivity index (χ4n) is 2.20. The number of rotatable bonds is 5. The molecule has 0 spiro atoms. The van der Waals surface area contributed by atoms with E-state index >= 15 is 0 Å². The van der Waals surface area contributed by atoms with E-state index in [2.05, 4.69) is 19.2 Å². The second-order valence-corrected chi connectivity index (χ2v) is 4.83. The highest BCUT2D eigenvalue weighted by molar-refractivity contribution is 5.36. The van der Waals surface area contributed by atoms with Crippen molar-refractivity contribution in [3.8, 4) is 6.07 Å². The van der Waals surface area contributed by atoms with Crippen molar-refractivity contribution in [1.29, 1.82) is 5.26 Å². The van der Waals surface area contributed by atoms with Crippen LogP contribution in [0.5, 0.6) is 0 Å². The fourth-order valence-corrected chi connectivity index (χ4v) is 2.20. The lowest BCUT2D eigenvalue weighted by atomic mass is 9.73. The Bertz CT molecular complexity index is 432. The molecule has 1 nitrogen and oxygen atoms in total. The molecular formula is C16H19N. The van der Waals surface area contributed by atoms with Gasteiger partial charge in [-0.1, -0.05) is 41.5 Å². The predicted octanol–water partition coefficient (Wildman–Crippen LogP) is 4.38. The molecule has 0 aliphatic carbocycles. The Balaban J connectivity index is 3.21. The van der Waals surface area contributed by atoms with Gasteiger partial charge in [-0.15, -0.1) is 13.2 Å². The second-order valence-electron chi connectivity index (χ2n) is 4.83. The summed E-state index contributed by atoms with van der Waals surface area (Å²) < 4.78 is 0. The zero-order chi connectivity index (χ0) is 12.9. The Morgan fingerprint density at radius 1 is 1.12 bits per heavy atom. The van der Waals surface area contributed by atoms with Crippen molar-refractivity contribution >= 4 is 0 Å². The first-order valence-electron chi connectivity index (χ1n) is 5.76. The number of hydrogen-bond acceptors (Lipinski definition) is 1. The lowest BCUT2D eigenvalue weighted by Gasteiger charge is -2.27. The highest BCUT2D eigenvalue weighted by Gasteiger charge is 2.32. The van der Waals surface area contributed by atoms with Crippen molar-refractivity contribution in [2.45, 2.75) is 32.1 Å². The van der Waals surface area contributed by atoms with Crippen LogP contribution in [0.2, 0.25) is 0 Å². The predicted molar refractivity (Wildman–Crippen MR) is 72.6 cm³/mol. The van der Waals surface area contributed by atoms with Crippen LogP contribution in [-0.4, -0.2) is 0 Å². The van der Waals surface area contributed by atoms with E-state index in [1.807, 2.05) is 44.2 Å². The molecule has 0 fully saturated rings. The SMILES string of the molecule is C=C(C)CC(C#N)(CC(=C)C)c1ccccc1. The number of nitriles is 1. The molecule has 17 heavy (non-hydrogen) atoms. The topological polar surface area (TPSA) is 23.8 Å². The molecular weight excluding hydrogens is 206 g/mol. The Hall–Kier alpha value is -1.81. The van der Waals surface area contributed by atoms with Crippen LogP contribution in [0.3, 0.4) is 0 Å². The summed E-state index contributed by atoms with van der Waals surface area (Å²) in [5, 5.41) is 9.60. The lowest BCUT2D eigenvalue weighted by Crippen LogP contribution is -2.24. The lowest BCUT2D eigenvalue weighted by molar-refractivity contribution is 0.538. The maximum atomic E-state index is 9.60. The van der Waals surface area contributed by atoms with Crippen molar-refractivity contribution in [2.24, 2.45) is 0 Å². The molecule has 0 atom stereocenters. The number of benzene rings is 1. The molecule has 0 aliphatic heterocycles. The minimum atomic E-state index is -0.515. The highest BCUT2D eigenvalue weighted by Crippen LogP contribution is 2.35. The van der Waals surface area contributed by atoms with Crippen LogP contribution in [0, 0.1) is 11.3 Å². The smallest absolute Gasteiger partial charge is 0.0895 e. The van der Waals surface area contributed by atoms with Gasteiger partial charge in [-0.3, -0.25) is 0 Å². The van der Waals surface area contributed by atoms with Gasteiger partial charge in [-0.05, 0) is 32.3 Å². The van der Waals surface area contributed by atoms with E-state index in [0.717, 1.165) is 16.7 Å². The van der Waals surface area contributed by atoms with E-state index in [1.54, 1.807) is 0 Å². The van der Waals surface area contributed by atoms with Crippen LogP contribution >= 0.6 is 0 Å². The third kappa shape index (κ3) is 3.32. The van der Waals surface area contributed by atoms with E-state index in [9.17, 15) is 5.26 Å². The summed E-state index contributed by atoms with van der Waals surface area (Å²) in [7, 11) is 0. The molecule has 1 heteroatoms. The standard InChI is InChI=1S/C16H19N/c1-13(2)10-16(12-17,11-14(3)4)15-8-6-5-7-9-15/h5-9H,1,3,10-11H2,2,4H3. The molecule has 0 bridgehead atoms. The molecule has 0 amide bonds. The van der Waals surface area contributed by atoms with E-state index in [-0.39, 0.29) is 0 Å². The summed E-state index contributed by atoms with van der Waals surface area (Å²) in [6, 6.07) is 12.4. The average Bonchev–Trinajstić information content (AvgIpc) is 2.28. The molecule has 1 aromatic rings. The molecule has 0 aliphatic rings. The minimum Gasteiger partial charge on any atom is -0.197 e. The van der Waals surface area contributed by atoms with Gasteiger partial charge in [0.2, 0.25) is 0 Å². The Morgan fingerprint density at radius 3 is 1.94 bits per heavy atom. The van der Waals surface area contributed by atoms with Gasteiger partial charge in [0, 0.05) is 0 Å². The van der Waals surface area contributed by atoms with Gasteiger partial charge < -0.3 is 0 Å². The van der Waals surface area contributed by atoms with Gasteiger partial charge in [-0.2, -0.15) is 5.26 Å². The first-order chi connectivity index (χ1) is 8.00. The molecule has 0 unspecified atom stereocenters. The fraction of sp³-hybridized carbons (Fsp3) is 0.312. The summed E-state index contributed by atoms with van der Waals surface area (Å²) in [5.41, 5.74) is 2.58. The molecule has 0 heterocycles. The van der Waals surface area contributed by atoms with Crippen molar-refractivity contribution in [3.63, 3.8) is 0 Å². The Morgan fingerprint density at radius 2 is 1.59 bits per heavy atom. The molecule has 0 saturated heterocycles. The van der Waals surface area contributed by atoms with Gasteiger partial charge >= 0.3 is 0 Å². The van der Waals surface area contributed by atoms with Crippen LogP contribution < -0.4 is 0 Å². The molecule has 0 N–H and O–H groups in total. The van der Waals surface area contributed by atoms with Crippen LogP contribution in [0.25, 0.3) is 0 Å². The maximum Gasteiger partial charge on any atom is 0.0895 e. The van der Waals surface area contributed by atoms with Crippen LogP contribution in [0.4, 0.5) is 0 Å². The highest BCUT2D eigenvalue weighted by atomic mass is 14.4. The minimum absolute atomic E-state index is 0.515. The largest absolute Gasteiger partial charge is 0.197 e. The van der Waals surface area contributed by atoms with Gasteiger partial charge in [0.25, 0.3) is 0 Å². The zero-order valence-electron chi connectivity index (χ0n) is 10.7. The van der Waals surface area contributed by atoms with E-state index < -0.39 is 5.41 Å². The molecule has 0 aromatic heterocycles. The summed E-state index contributed by atoms with van der Waals surface area (Å²) in [6.45, 7) is 11.8. The zero-order valence-corrected chi connectivity index (χ0v) is 10.7. The summed E-state index contributed by atoms with van der Waals surface area (Å²) >= 11 is 0. The van der Waals surface area contributed by atoms with Gasteiger partial charge in [0.15, 0.2) is 0 Å². The molecule has 88 valence electrons. The normalized spacial score (nSPS) is 10.6. The maximum absolute atomic E-state index is 9.60. The molecule has 1 rings (SSSR count). The van der Waals surface area contributed by atoms with E-state index in [4.69, 9.17) is 0 Å². The number of allylic oxidation sites excluding steroid dienone is 2. The number of nitrogens with zero attached hydrogens (tertiary/aromatic N) is 1. The van der Waals surface area contributed by atoms with Crippen LogP contribution in [0.1, 0.15) is 32.3 Å². The second kappa shape index (κ2) is 5.50. The van der Waals surface area contributed by atoms with E-state index in [1.165, 1.54) is 0 Å². The van der Waals surface area contributed by atoms with Gasteiger partial charge in [0.05, 0.1) is 11.5 Å². The monoisotopic (exact) mass is 225 g/mol. The quantitative estimate of drug-likeness (QED) is 0.682.